The highest BCUT2D eigenvalue weighted by Gasteiger charge is 2.08. The monoisotopic (exact) mass is 267 g/mol. The predicted molar refractivity (Wildman–Crippen MR) is 74.1 cm³/mol. The molecule has 2 rings (SSSR count). The average Bonchev–Trinajstić information content (AvgIpc) is 2.66. The van der Waals surface area contributed by atoms with Gasteiger partial charge in [-0.1, -0.05) is 19.1 Å². The van der Waals surface area contributed by atoms with Crippen LogP contribution in [-0.4, -0.2) is 27.3 Å². The van der Waals surface area contributed by atoms with Crippen molar-refractivity contribution in [2.24, 2.45) is 0 Å². The van der Waals surface area contributed by atoms with Crippen LogP contribution in [0.3, 0.4) is 0 Å². The number of aromatic nitrogens is 1. The number of aryl methyl sites for hydroxylation is 1. The Balaban J connectivity index is 2.03. The molecule has 0 radical (unpaired) electrons. The van der Waals surface area contributed by atoms with Crippen LogP contribution >= 0.6 is 11.8 Å². The first kappa shape index (κ1) is 13.2. The molecule has 0 spiro atoms. The van der Waals surface area contributed by atoms with Crippen LogP contribution in [0.1, 0.15) is 13.3 Å². The highest BCUT2D eigenvalue weighted by atomic mass is 32.2. The second-order valence-electron chi connectivity index (χ2n) is 4.18. The summed E-state index contributed by atoms with van der Waals surface area (Å²) in [5, 5.41) is 9.23. The highest BCUT2D eigenvalue weighted by Crippen LogP contribution is 2.16. The van der Waals surface area contributed by atoms with Crippen molar-refractivity contribution in [1.29, 1.82) is 0 Å². The zero-order valence-corrected chi connectivity index (χ0v) is 11.2. The van der Waals surface area contributed by atoms with Crippen LogP contribution in [0.15, 0.2) is 33.5 Å². The molecule has 2 aromatic rings. The lowest BCUT2D eigenvalue weighted by atomic mass is 10.3. The van der Waals surface area contributed by atoms with E-state index in [2.05, 4.69) is 6.92 Å². The van der Waals surface area contributed by atoms with E-state index in [4.69, 9.17) is 9.52 Å². The van der Waals surface area contributed by atoms with Gasteiger partial charge in [0.2, 0.25) is 0 Å². The number of benzene rings is 1. The van der Waals surface area contributed by atoms with Crippen molar-refractivity contribution in [2.75, 3.05) is 12.4 Å². The molecule has 1 unspecified atom stereocenters. The Hall–Kier alpha value is -1.20. The van der Waals surface area contributed by atoms with Crippen molar-refractivity contribution in [3.63, 3.8) is 0 Å². The number of aliphatic hydroxyl groups is 1. The molecule has 18 heavy (non-hydrogen) atoms. The fourth-order valence-electron chi connectivity index (χ4n) is 1.84. The molecule has 0 amide bonds. The molecule has 0 bridgehead atoms. The second-order valence-corrected chi connectivity index (χ2v) is 5.73. The van der Waals surface area contributed by atoms with Crippen LogP contribution in [0.25, 0.3) is 11.1 Å². The van der Waals surface area contributed by atoms with Gasteiger partial charge in [-0.25, -0.2) is 4.79 Å². The molecule has 0 aliphatic heterocycles. The van der Waals surface area contributed by atoms with Crippen molar-refractivity contribution in [1.82, 2.24) is 4.57 Å². The first-order valence-corrected chi connectivity index (χ1v) is 7.08. The molecule has 1 atom stereocenters. The van der Waals surface area contributed by atoms with Gasteiger partial charge in [0.15, 0.2) is 5.58 Å². The molecule has 0 saturated heterocycles. The van der Waals surface area contributed by atoms with Crippen molar-refractivity contribution in [3.8, 4) is 0 Å². The maximum Gasteiger partial charge on any atom is 0.419 e. The molecular formula is C13H17NO3S. The van der Waals surface area contributed by atoms with Crippen LogP contribution in [0.2, 0.25) is 0 Å². The molecule has 0 aliphatic carbocycles. The normalized spacial score (nSPS) is 13.0. The van der Waals surface area contributed by atoms with E-state index >= 15 is 0 Å². The maximum absolute atomic E-state index is 11.7. The van der Waals surface area contributed by atoms with Crippen LogP contribution in [0.4, 0.5) is 0 Å². The molecule has 1 aromatic heterocycles. The lowest BCUT2D eigenvalue weighted by Crippen LogP contribution is -2.16. The Morgan fingerprint density at radius 3 is 3.00 bits per heavy atom. The van der Waals surface area contributed by atoms with E-state index in [0.29, 0.717) is 17.4 Å². The standard InChI is InChI=1S/C13H17NO3S/c1-10(6-8-15)18-9-7-14-11-4-2-3-5-12(11)17-13(14)16/h2-5,10,15H,6-9H2,1H3. The molecule has 0 aliphatic rings. The molecule has 1 aromatic carbocycles. The van der Waals surface area contributed by atoms with E-state index in [-0.39, 0.29) is 12.4 Å². The summed E-state index contributed by atoms with van der Waals surface area (Å²) >= 11 is 1.76. The minimum Gasteiger partial charge on any atom is -0.408 e. The van der Waals surface area contributed by atoms with Gasteiger partial charge in [0.05, 0.1) is 5.52 Å². The van der Waals surface area contributed by atoms with Crippen molar-refractivity contribution < 1.29 is 9.52 Å². The fourth-order valence-corrected chi connectivity index (χ4v) is 2.80. The summed E-state index contributed by atoms with van der Waals surface area (Å²) in [5.74, 6) is 0.538. The third-order valence-electron chi connectivity index (χ3n) is 2.83. The summed E-state index contributed by atoms with van der Waals surface area (Å²) in [6.07, 6.45) is 0.783. The molecule has 0 saturated carbocycles. The van der Waals surface area contributed by atoms with E-state index in [9.17, 15) is 4.79 Å². The van der Waals surface area contributed by atoms with E-state index < -0.39 is 0 Å². The van der Waals surface area contributed by atoms with Gasteiger partial charge >= 0.3 is 5.76 Å². The lowest BCUT2D eigenvalue weighted by molar-refractivity contribution is 0.289. The number of aliphatic hydroxyl groups excluding tert-OH is 1. The Labute approximate surface area is 110 Å². The first-order valence-electron chi connectivity index (χ1n) is 6.03. The van der Waals surface area contributed by atoms with E-state index in [1.807, 2.05) is 18.2 Å². The zero-order chi connectivity index (χ0) is 13.0. The molecular weight excluding hydrogens is 250 g/mol. The van der Waals surface area contributed by atoms with Crippen LogP contribution in [0, 0.1) is 0 Å². The Kier molecular flexibility index (Phi) is 4.49. The topological polar surface area (TPSA) is 55.4 Å². The lowest BCUT2D eigenvalue weighted by Gasteiger charge is -2.09. The van der Waals surface area contributed by atoms with Crippen molar-refractivity contribution in [3.05, 3.63) is 34.8 Å². The van der Waals surface area contributed by atoms with Crippen LogP contribution < -0.4 is 5.76 Å². The third-order valence-corrected chi connectivity index (χ3v) is 4.05. The van der Waals surface area contributed by atoms with Gasteiger partial charge in [-0.05, 0) is 18.6 Å². The minimum atomic E-state index is -0.299. The minimum absolute atomic E-state index is 0.211. The molecule has 0 fully saturated rings. The smallest absolute Gasteiger partial charge is 0.408 e. The Morgan fingerprint density at radius 1 is 1.44 bits per heavy atom. The first-order chi connectivity index (χ1) is 8.72. The summed E-state index contributed by atoms with van der Waals surface area (Å²) in [6.45, 7) is 2.93. The predicted octanol–water partition coefficient (Wildman–Crippen LogP) is 2.10. The number of hydrogen-bond donors (Lipinski definition) is 1. The number of para-hydroxylation sites is 2. The van der Waals surface area contributed by atoms with Crippen molar-refractivity contribution >= 4 is 22.9 Å². The number of nitrogens with zero attached hydrogens (tertiary/aromatic N) is 1. The summed E-state index contributed by atoms with van der Waals surface area (Å²) < 4.78 is 6.82. The molecule has 4 nitrogen and oxygen atoms in total. The molecule has 98 valence electrons. The van der Waals surface area contributed by atoms with Gasteiger partial charge in [0.25, 0.3) is 0 Å². The van der Waals surface area contributed by atoms with Crippen LogP contribution in [-0.2, 0) is 6.54 Å². The molecule has 5 heteroatoms. The number of fused-ring (bicyclic) bond motifs is 1. The quantitative estimate of drug-likeness (QED) is 0.871. The number of oxazole rings is 1. The van der Waals surface area contributed by atoms with E-state index in [1.165, 1.54) is 0 Å². The van der Waals surface area contributed by atoms with Gasteiger partial charge < -0.3 is 9.52 Å². The average molecular weight is 267 g/mol. The van der Waals surface area contributed by atoms with Gasteiger partial charge in [-0.2, -0.15) is 11.8 Å². The van der Waals surface area contributed by atoms with Crippen LogP contribution in [0.5, 0.6) is 0 Å². The maximum atomic E-state index is 11.7. The SMILES string of the molecule is CC(CCO)SCCn1c(=O)oc2ccccc21. The summed E-state index contributed by atoms with van der Waals surface area (Å²) in [5.41, 5.74) is 1.48. The highest BCUT2D eigenvalue weighted by molar-refractivity contribution is 7.99. The van der Waals surface area contributed by atoms with Gasteiger partial charge in [0.1, 0.15) is 0 Å². The molecule has 1 N–H and O–H groups in total. The number of hydrogen-bond acceptors (Lipinski definition) is 4. The van der Waals surface area contributed by atoms with E-state index in [1.54, 1.807) is 22.4 Å². The number of thioether (sulfide) groups is 1. The van der Waals surface area contributed by atoms with Gasteiger partial charge in [0, 0.05) is 24.2 Å². The largest absolute Gasteiger partial charge is 0.419 e. The second kappa shape index (κ2) is 6.11. The van der Waals surface area contributed by atoms with E-state index in [0.717, 1.165) is 17.7 Å². The summed E-state index contributed by atoms with van der Waals surface area (Å²) in [7, 11) is 0. The number of rotatable bonds is 6. The zero-order valence-electron chi connectivity index (χ0n) is 10.3. The Bertz CT molecular complexity index is 561. The molecule has 1 heterocycles. The van der Waals surface area contributed by atoms with Gasteiger partial charge in [-0.15, -0.1) is 0 Å². The Morgan fingerprint density at radius 2 is 2.22 bits per heavy atom. The van der Waals surface area contributed by atoms with Crippen molar-refractivity contribution in [2.45, 2.75) is 25.1 Å². The third kappa shape index (κ3) is 2.97. The summed E-state index contributed by atoms with van der Waals surface area (Å²) in [6, 6.07) is 7.44. The fraction of sp³-hybridized carbons (Fsp3) is 0.462. The summed E-state index contributed by atoms with van der Waals surface area (Å²) in [4.78, 5) is 11.7. The van der Waals surface area contributed by atoms with Gasteiger partial charge in [-0.3, -0.25) is 4.57 Å².